The topological polar surface area (TPSA) is 82.7 Å². The molecule has 1 aliphatic rings. The number of nitriles is 1. The van der Waals surface area contributed by atoms with Crippen molar-refractivity contribution in [3.05, 3.63) is 36.2 Å². The van der Waals surface area contributed by atoms with Crippen molar-refractivity contribution >= 4 is 37.6 Å². The van der Waals surface area contributed by atoms with Crippen molar-refractivity contribution < 1.29 is 0 Å². The van der Waals surface area contributed by atoms with Gasteiger partial charge in [-0.2, -0.15) is 10.4 Å². The van der Waals surface area contributed by atoms with Crippen LogP contribution in [0.15, 0.2) is 30.6 Å². The van der Waals surface area contributed by atoms with Crippen LogP contribution in [0.2, 0.25) is 0 Å². The smallest absolute Gasteiger partial charge is 0.186 e. The number of piperidine rings is 1. The Bertz CT molecular complexity index is 1390. The lowest BCUT2D eigenvalue weighted by Crippen LogP contribution is -2.61. The van der Waals surface area contributed by atoms with E-state index in [0.717, 1.165) is 50.4 Å². The van der Waals surface area contributed by atoms with E-state index in [-0.39, 0.29) is 11.1 Å². The van der Waals surface area contributed by atoms with Crippen molar-refractivity contribution in [2.75, 3.05) is 11.9 Å². The second kappa shape index (κ2) is 7.51. The Kier molecular flexibility index (Phi) is 4.96. The number of fused-ring (bicyclic) bond motifs is 2. The molecule has 33 heavy (non-hydrogen) atoms. The molecule has 1 N–H and O–H groups in total. The minimum absolute atomic E-state index is 0.0788. The highest BCUT2D eigenvalue weighted by atomic mass is 32.1. The minimum Gasteiger partial charge on any atom is -0.348 e. The number of nitrogens with one attached hydrogen (secondary N) is 1. The molecule has 0 saturated carbocycles. The van der Waals surface area contributed by atoms with Gasteiger partial charge in [0, 0.05) is 48.4 Å². The van der Waals surface area contributed by atoms with Crippen LogP contribution >= 0.6 is 11.3 Å². The van der Waals surface area contributed by atoms with Crippen molar-refractivity contribution in [1.82, 2.24) is 25.1 Å². The van der Waals surface area contributed by atoms with E-state index in [1.807, 2.05) is 31.6 Å². The molecule has 0 amide bonds. The van der Waals surface area contributed by atoms with Gasteiger partial charge in [0.05, 0.1) is 22.2 Å². The third kappa shape index (κ3) is 4.07. The van der Waals surface area contributed by atoms with Gasteiger partial charge >= 0.3 is 0 Å². The number of nitrogens with zero attached hydrogens (tertiary/aromatic N) is 6. The van der Waals surface area contributed by atoms with E-state index in [0.29, 0.717) is 11.6 Å². The first-order valence-electron chi connectivity index (χ1n) is 11.2. The number of pyridine rings is 1. The summed E-state index contributed by atoms with van der Waals surface area (Å²) in [4.78, 5) is 11.9. The van der Waals surface area contributed by atoms with Crippen LogP contribution in [0.1, 0.15) is 46.1 Å². The Morgan fingerprint density at radius 3 is 2.61 bits per heavy atom. The average molecular weight is 460 g/mol. The molecule has 0 spiro atoms. The van der Waals surface area contributed by atoms with Gasteiger partial charge in [-0.15, -0.1) is 0 Å². The highest BCUT2D eigenvalue weighted by Crippen LogP contribution is 2.37. The molecule has 1 saturated heterocycles. The van der Waals surface area contributed by atoms with E-state index >= 15 is 0 Å². The Morgan fingerprint density at radius 2 is 1.91 bits per heavy atom. The van der Waals surface area contributed by atoms with E-state index in [2.05, 4.69) is 67.2 Å². The average Bonchev–Trinajstić information content (AvgIpc) is 3.31. The van der Waals surface area contributed by atoms with Gasteiger partial charge in [0.25, 0.3) is 0 Å². The normalized spacial score (nSPS) is 18.0. The molecule has 170 valence electrons. The first kappa shape index (κ1) is 21.8. The molecule has 0 atom stereocenters. The molecule has 0 radical (unpaired) electrons. The molecule has 4 aromatic rings. The lowest BCUT2D eigenvalue weighted by Gasteiger charge is -2.48. The maximum Gasteiger partial charge on any atom is 0.186 e. The van der Waals surface area contributed by atoms with Crippen molar-refractivity contribution in [1.29, 1.82) is 5.26 Å². The zero-order valence-electron chi connectivity index (χ0n) is 20.0. The summed E-state index contributed by atoms with van der Waals surface area (Å²) >= 11 is 1.70. The number of aromatic nitrogens is 4. The van der Waals surface area contributed by atoms with Gasteiger partial charge in [-0.25, -0.2) is 4.98 Å². The Balaban J connectivity index is 1.50. The molecule has 3 aromatic heterocycles. The number of hydrogen-bond acceptors (Lipinski definition) is 7. The lowest BCUT2D eigenvalue weighted by atomic mass is 9.79. The molecule has 0 unspecified atom stereocenters. The van der Waals surface area contributed by atoms with E-state index in [1.54, 1.807) is 16.0 Å². The molecular formula is C25H29N7S. The van der Waals surface area contributed by atoms with Crippen LogP contribution in [0.5, 0.6) is 0 Å². The fourth-order valence-electron chi connectivity index (χ4n) is 5.31. The number of rotatable bonds is 3. The highest BCUT2D eigenvalue weighted by Gasteiger charge is 2.39. The van der Waals surface area contributed by atoms with Crippen LogP contribution in [-0.2, 0) is 7.05 Å². The van der Waals surface area contributed by atoms with E-state index < -0.39 is 0 Å². The van der Waals surface area contributed by atoms with Gasteiger partial charge < -0.3 is 10.2 Å². The molecule has 0 bridgehead atoms. The van der Waals surface area contributed by atoms with E-state index in [9.17, 15) is 5.26 Å². The summed E-state index contributed by atoms with van der Waals surface area (Å²) in [6.07, 6.45) is 5.90. The zero-order valence-corrected chi connectivity index (χ0v) is 20.8. The fourth-order valence-corrected chi connectivity index (χ4v) is 6.32. The number of benzene rings is 1. The van der Waals surface area contributed by atoms with Crippen molar-refractivity contribution in [2.24, 2.45) is 7.05 Å². The fraction of sp³-hybridized carbons (Fsp3) is 0.440. The van der Waals surface area contributed by atoms with Crippen molar-refractivity contribution in [2.45, 2.75) is 57.7 Å². The van der Waals surface area contributed by atoms with Gasteiger partial charge in [-0.3, -0.25) is 9.67 Å². The van der Waals surface area contributed by atoms with Crippen molar-refractivity contribution in [3.8, 4) is 17.3 Å². The summed E-state index contributed by atoms with van der Waals surface area (Å²) < 4.78 is 2.83. The van der Waals surface area contributed by atoms with Crippen LogP contribution in [0.25, 0.3) is 32.4 Å². The summed E-state index contributed by atoms with van der Waals surface area (Å²) in [5, 5.41) is 19.7. The summed E-state index contributed by atoms with van der Waals surface area (Å²) in [5.41, 5.74) is 4.10. The lowest BCUT2D eigenvalue weighted by molar-refractivity contribution is 0.161. The molecule has 5 rings (SSSR count). The maximum atomic E-state index is 9.61. The van der Waals surface area contributed by atoms with Crippen molar-refractivity contribution in [3.63, 3.8) is 0 Å². The van der Waals surface area contributed by atoms with E-state index in [1.165, 1.54) is 0 Å². The van der Waals surface area contributed by atoms with Gasteiger partial charge in [0.15, 0.2) is 5.13 Å². The first-order valence-corrected chi connectivity index (χ1v) is 12.0. The third-order valence-electron chi connectivity index (χ3n) is 6.42. The number of aryl methyl sites for hydroxylation is 1. The monoisotopic (exact) mass is 459 g/mol. The third-order valence-corrected chi connectivity index (χ3v) is 7.53. The van der Waals surface area contributed by atoms with Crippen LogP contribution < -0.4 is 10.2 Å². The SMILES string of the molecule is CN(c1nc2cnc(-c3cc(C#N)c4nn(C)cc4c3)cc2s1)C1CC(C)(C)NC(C)(C)C1. The highest BCUT2D eigenvalue weighted by molar-refractivity contribution is 7.22. The van der Waals surface area contributed by atoms with Crippen LogP contribution in [0.4, 0.5) is 5.13 Å². The van der Waals surface area contributed by atoms with Crippen LogP contribution in [0, 0.1) is 11.3 Å². The predicted octanol–water partition coefficient (Wildman–Crippen LogP) is 4.86. The molecule has 8 heteroatoms. The molecule has 1 fully saturated rings. The van der Waals surface area contributed by atoms with Gasteiger partial charge in [-0.1, -0.05) is 11.3 Å². The summed E-state index contributed by atoms with van der Waals surface area (Å²) in [6.45, 7) is 9.10. The quantitative estimate of drug-likeness (QED) is 0.471. The number of hydrogen-bond donors (Lipinski definition) is 1. The Morgan fingerprint density at radius 1 is 1.18 bits per heavy atom. The van der Waals surface area contributed by atoms with E-state index in [4.69, 9.17) is 4.98 Å². The first-order chi connectivity index (χ1) is 15.5. The predicted molar refractivity (Wildman–Crippen MR) is 135 cm³/mol. The second-order valence-electron chi connectivity index (χ2n) is 10.5. The molecule has 1 aromatic carbocycles. The van der Waals surface area contributed by atoms with Gasteiger partial charge in [0.1, 0.15) is 17.1 Å². The zero-order chi connectivity index (χ0) is 23.5. The summed E-state index contributed by atoms with van der Waals surface area (Å²) in [7, 11) is 4.02. The minimum atomic E-state index is 0.0788. The van der Waals surface area contributed by atoms with Gasteiger partial charge in [0.2, 0.25) is 0 Å². The number of anilines is 1. The molecular weight excluding hydrogens is 430 g/mol. The molecule has 1 aliphatic heterocycles. The molecule has 0 aliphatic carbocycles. The summed E-state index contributed by atoms with van der Waals surface area (Å²) in [5.74, 6) is 0. The Labute approximate surface area is 198 Å². The standard InChI is InChI=1S/C25H29N7S/c1-24(2)10-18(11-25(3,4)30-24)32(6)23-28-20-13-27-19(9-21(20)33-23)15-7-16(12-26)22-17(8-15)14-31(5)29-22/h7-9,13-14,18,30H,10-11H2,1-6H3. The second-order valence-corrected chi connectivity index (χ2v) is 11.5. The number of thiazole rings is 1. The Hall–Kier alpha value is -3.02. The molecule has 4 heterocycles. The molecule has 7 nitrogen and oxygen atoms in total. The summed E-state index contributed by atoms with van der Waals surface area (Å²) in [6, 6.07) is 8.69. The van der Waals surface area contributed by atoms with Crippen LogP contribution in [0.3, 0.4) is 0 Å². The van der Waals surface area contributed by atoms with Crippen LogP contribution in [-0.4, -0.2) is 43.9 Å². The largest absolute Gasteiger partial charge is 0.348 e. The van der Waals surface area contributed by atoms with Gasteiger partial charge in [-0.05, 0) is 58.7 Å². The maximum absolute atomic E-state index is 9.61.